The average Bonchev–Trinajstić information content (AvgIpc) is 3.00. The maximum Gasteiger partial charge on any atom is 0.308 e. The van der Waals surface area contributed by atoms with Crippen LogP contribution >= 0.6 is 11.8 Å². The fourth-order valence-electron chi connectivity index (χ4n) is 4.51. The molecule has 3 unspecified atom stereocenters. The lowest BCUT2D eigenvalue weighted by Gasteiger charge is -2.31. The summed E-state index contributed by atoms with van der Waals surface area (Å²) >= 11 is 1.72. The molecule has 1 aromatic carbocycles. The Hall–Kier alpha value is -2.20. The predicted octanol–water partition coefficient (Wildman–Crippen LogP) is 4.46. The van der Waals surface area contributed by atoms with Crippen LogP contribution in [0.3, 0.4) is 0 Å². The molecule has 4 atom stereocenters. The molecule has 2 aliphatic heterocycles. The van der Waals surface area contributed by atoms with E-state index >= 15 is 0 Å². The minimum Gasteiger partial charge on any atom is -0.460 e. The number of esters is 1. The number of nitrogens with one attached hydrogen (secondary N) is 2. The number of nitrogens with zero attached hydrogens (tertiary/aromatic N) is 2. The molecular formula is C27H41N5O3S. The molecule has 9 heteroatoms. The van der Waals surface area contributed by atoms with Crippen molar-refractivity contribution in [1.29, 1.82) is 5.41 Å². The number of amidine groups is 1. The van der Waals surface area contributed by atoms with E-state index in [0.717, 1.165) is 41.1 Å². The Morgan fingerprint density at radius 2 is 1.94 bits per heavy atom. The van der Waals surface area contributed by atoms with Crippen molar-refractivity contribution in [3.05, 3.63) is 46.0 Å². The van der Waals surface area contributed by atoms with Crippen LogP contribution in [0.2, 0.25) is 0 Å². The van der Waals surface area contributed by atoms with Crippen LogP contribution in [0.1, 0.15) is 71.9 Å². The highest BCUT2D eigenvalue weighted by molar-refractivity contribution is 8.03. The van der Waals surface area contributed by atoms with Crippen molar-refractivity contribution in [3.8, 4) is 0 Å². The highest BCUT2D eigenvalue weighted by Gasteiger charge is 2.42. The van der Waals surface area contributed by atoms with Crippen LogP contribution in [0.4, 0.5) is 0 Å². The third-order valence-electron chi connectivity index (χ3n) is 6.44. The highest BCUT2D eigenvalue weighted by Crippen LogP contribution is 2.47. The van der Waals surface area contributed by atoms with Gasteiger partial charge in [-0.2, -0.15) is 0 Å². The maximum atomic E-state index is 12.8. The lowest BCUT2D eigenvalue weighted by molar-refractivity contribution is -0.154. The van der Waals surface area contributed by atoms with Crippen molar-refractivity contribution in [2.75, 3.05) is 6.54 Å². The van der Waals surface area contributed by atoms with E-state index in [4.69, 9.17) is 26.1 Å². The molecule has 8 nitrogen and oxygen atoms in total. The van der Waals surface area contributed by atoms with Crippen LogP contribution in [0, 0.1) is 11.3 Å². The van der Waals surface area contributed by atoms with Crippen LogP contribution in [0.15, 0.2) is 39.9 Å². The lowest BCUT2D eigenvalue weighted by Crippen LogP contribution is -2.46. The molecule has 0 aromatic heterocycles. The zero-order valence-electron chi connectivity index (χ0n) is 22.3. The number of hydrogen-bond acceptors (Lipinski definition) is 8. The number of aliphatic imine (C=N–C) groups is 1. The minimum absolute atomic E-state index is 0.0189. The number of unbranched alkanes of at least 4 members (excludes halogenated alkanes) is 1. The number of benzene rings is 1. The number of rotatable bonds is 9. The van der Waals surface area contributed by atoms with E-state index in [0.29, 0.717) is 11.8 Å². The summed E-state index contributed by atoms with van der Waals surface area (Å²) in [5.74, 6) is 0.0545. The minimum atomic E-state index is -0.694. The monoisotopic (exact) mass is 515 g/mol. The Morgan fingerprint density at radius 3 is 2.53 bits per heavy atom. The first kappa shape index (κ1) is 28.4. The zero-order valence-corrected chi connectivity index (χ0v) is 23.1. The Labute approximate surface area is 219 Å². The van der Waals surface area contributed by atoms with Gasteiger partial charge in [0.1, 0.15) is 17.5 Å². The van der Waals surface area contributed by atoms with E-state index in [2.05, 4.69) is 43.6 Å². The van der Waals surface area contributed by atoms with Crippen molar-refractivity contribution in [2.24, 2.45) is 16.6 Å². The average molecular weight is 516 g/mol. The zero-order chi connectivity index (χ0) is 26.6. The van der Waals surface area contributed by atoms with Gasteiger partial charge in [0.05, 0.1) is 23.3 Å². The first-order valence-corrected chi connectivity index (χ1v) is 13.6. The molecule has 0 amide bonds. The first-order chi connectivity index (χ1) is 16.9. The molecule has 0 spiro atoms. The second kappa shape index (κ2) is 11.9. The van der Waals surface area contributed by atoms with E-state index in [1.807, 2.05) is 32.6 Å². The van der Waals surface area contributed by atoms with Crippen LogP contribution in [-0.4, -0.2) is 57.2 Å². The van der Waals surface area contributed by atoms with Crippen molar-refractivity contribution >= 4 is 29.3 Å². The summed E-state index contributed by atoms with van der Waals surface area (Å²) in [4.78, 5) is 19.7. The third kappa shape index (κ3) is 6.76. The second-order valence-corrected chi connectivity index (χ2v) is 12.0. The summed E-state index contributed by atoms with van der Waals surface area (Å²) in [6.45, 7) is 12.3. The van der Waals surface area contributed by atoms with Gasteiger partial charge in [-0.25, -0.2) is 5.48 Å². The first-order valence-electron chi connectivity index (χ1n) is 12.7. The Balaban J connectivity index is 2.01. The largest absolute Gasteiger partial charge is 0.460 e. The molecule has 198 valence electrons. The number of carbonyl (C=O) groups is 1. The van der Waals surface area contributed by atoms with Crippen LogP contribution in [0.5, 0.6) is 0 Å². The molecule has 2 heterocycles. The lowest BCUT2D eigenvalue weighted by atomic mass is 9.90. The van der Waals surface area contributed by atoms with Crippen molar-refractivity contribution in [2.45, 2.75) is 90.3 Å². The number of hydrogen-bond donors (Lipinski definition) is 4. The quantitative estimate of drug-likeness (QED) is 0.217. The highest BCUT2D eigenvalue weighted by atomic mass is 32.2. The maximum absolute atomic E-state index is 12.8. The van der Waals surface area contributed by atoms with Gasteiger partial charge in [0.15, 0.2) is 0 Å². The molecule has 3 rings (SSSR count). The molecule has 1 aromatic rings. The molecule has 0 radical (unpaired) electrons. The summed E-state index contributed by atoms with van der Waals surface area (Å²) in [6, 6.07) is 7.70. The van der Waals surface area contributed by atoms with Crippen LogP contribution in [-0.2, 0) is 16.0 Å². The summed E-state index contributed by atoms with van der Waals surface area (Å²) in [7, 11) is 0. The number of nitrogens with two attached hydrogens (primary N) is 1. The number of carbonyl (C=O) groups excluding carboxylic acids is 1. The molecule has 5 N–H and O–H groups in total. The summed E-state index contributed by atoms with van der Waals surface area (Å²) < 4.78 is 5.58. The molecule has 2 aliphatic rings. The summed E-state index contributed by atoms with van der Waals surface area (Å²) in [5.41, 5.74) is 12.1. The molecule has 0 aliphatic carbocycles. The standard InChI is InChI=1S/C27H41N5O3S/c1-16-17(2)36-26-23(16)24(20-12-10-19(11-13-20)9-7-8-14-30-34)31-21(25(29)32(26)18(3)28)15-22(33)35-27(4,5)6/h10-13,16-18,21,29-30,34H,7-9,14-15,28H2,1-6H3/t16?,17?,18?,21-/m0/s1. The summed E-state index contributed by atoms with van der Waals surface area (Å²) in [6.07, 6.45) is 2.35. The van der Waals surface area contributed by atoms with E-state index in [9.17, 15) is 4.79 Å². The Bertz CT molecular complexity index is 1010. The second-order valence-electron chi connectivity index (χ2n) is 10.7. The molecule has 36 heavy (non-hydrogen) atoms. The summed E-state index contributed by atoms with van der Waals surface area (Å²) in [5, 5.41) is 19.1. The topological polar surface area (TPSA) is 124 Å². The molecule has 0 saturated heterocycles. The normalized spacial score (nSPS) is 23.3. The van der Waals surface area contributed by atoms with E-state index < -0.39 is 17.8 Å². The van der Waals surface area contributed by atoms with Crippen molar-refractivity contribution in [1.82, 2.24) is 10.4 Å². The number of allylic oxidation sites excluding steroid dienone is 1. The van der Waals surface area contributed by atoms with Gasteiger partial charge in [0.2, 0.25) is 0 Å². The molecular weight excluding hydrogens is 474 g/mol. The predicted molar refractivity (Wildman–Crippen MR) is 146 cm³/mol. The van der Waals surface area contributed by atoms with E-state index in [1.54, 1.807) is 11.8 Å². The van der Waals surface area contributed by atoms with E-state index in [-0.39, 0.29) is 24.1 Å². The van der Waals surface area contributed by atoms with Crippen molar-refractivity contribution < 1.29 is 14.7 Å². The van der Waals surface area contributed by atoms with Gasteiger partial charge in [0, 0.05) is 22.9 Å². The van der Waals surface area contributed by atoms with Gasteiger partial charge in [-0.3, -0.25) is 15.2 Å². The van der Waals surface area contributed by atoms with Crippen LogP contribution in [0.25, 0.3) is 0 Å². The molecule has 0 fully saturated rings. The van der Waals surface area contributed by atoms with Crippen LogP contribution < -0.4 is 11.2 Å². The van der Waals surface area contributed by atoms with Crippen molar-refractivity contribution in [3.63, 3.8) is 0 Å². The number of ether oxygens (including phenoxy) is 1. The molecule has 0 bridgehead atoms. The Morgan fingerprint density at radius 1 is 1.28 bits per heavy atom. The van der Waals surface area contributed by atoms with Gasteiger partial charge in [-0.15, -0.1) is 11.8 Å². The van der Waals surface area contributed by atoms with Gasteiger partial charge in [-0.1, -0.05) is 38.1 Å². The number of hydroxylamine groups is 1. The fourth-order valence-corrected chi connectivity index (χ4v) is 5.99. The Kier molecular flexibility index (Phi) is 9.38. The van der Waals surface area contributed by atoms with Gasteiger partial charge in [-0.05, 0) is 58.4 Å². The van der Waals surface area contributed by atoms with Gasteiger partial charge < -0.3 is 20.6 Å². The van der Waals surface area contributed by atoms with Gasteiger partial charge >= 0.3 is 5.97 Å². The van der Waals surface area contributed by atoms with E-state index in [1.165, 1.54) is 5.56 Å². The fraction of sp³-hybridized carbons (Fsp3) is 0.593. The SMILES string of the molecule is CC1SC2=C(C(c3ccc(CCCCNO)cc3)=N[C@@H](CC(=O)OC(C)(C)C)C(=N)N2C(C)N)C1C. The number of aryl methyl sites for hydroxylation is 1. The third-order valence-corrected chi connectivity index (χ3v) is 7.86. The smallest absolute Gasteiger partial charge is 0.308 e. The number of thioether (sulfide) groups is 1. The van der Waals surface area contributed by atoms with Gasteiger partial charge in [0.25, 0.3) is 0 Å². The molecule has 0 saturated carbocycles.